The van der Waals surface area contributed by atoms with Crippen LogP contribution in [0.5, 0.6) is 0 Å². The number of carbonyl (C=O) groups excluding carboxylic acids is 3. The van der Waals surface area contributed by atoms with Gasteiger partial charge in [0.2, 0.25) is 0 Å². The average molecular weight is 1040 g/mol. The Hall–Kier alpha value is -3.93. The minimum atomic E-state index is -0.793. The van der Waals surface area contributed by atoms with Crippen LogP contribution in [0.3, 0.4) is 0 Å². The van der Waals surface area contributed by atoms with Crippen molar-refractivity contribution in [3.8, 4) is 0 Å². The molecule has 0 radical (unpaired) electrons. The van der Waals surface area contributed by atoms with E-state index in [4.69, 9.17) is 14.2 Å². The van der Waals surface area contributed by atoms with Gasteiger partial charge in [0, 0.05) is 19.3 Å². The molecule has 0 fully saturated rings. The molecule has 75 heavy (non-hydrogen) atoms. The highest BCUT2D eigenvalue weighted by atomic mass is 16.6. The van der Waals surface area contributed by atoms with Gasteiger partial charge in [0.1, 0.15) is 13.2 Å². The van der Waals surface area contributed by atoms with Crippen LogP contribution in [-0.2, 0) is 28.6 Å². The first-order valence-electron chi connectivity index (χ1n) is 31.4. The van der Waals surface area contributed by atoms with Crippen LogP contribution in [0.1, 0.15) is 290 Å². The van der Waals surface area contributed by atoms with Crippen molar-refractivity contribution in [2.75, 3.05) is 13.2 Å². The van der Waals surface area contributed by atoms with E-state index >= 15 is 0 Å². The fourth-order valence-corrected chi connectivity index (χ4v) is 8.60. The summed E-state index contributed by atoms with van der Waals surface area (Å²) in [5, 5.41) is 0. The highest BCUT2D eigenvalue weighted by Crippen LogP contribution is 2.15. The molecule has 0 aliphatic heterocycles. The van der Waals surface area contributed by atoms with Crippen LogP contribution in [0.2, 0.25) is 0 Å². The van der Waals surface area contributed by atoms with Gasteiger partial charge in [0.05, 0.1) is 0 Å². The number of ether oxygens (including phenoxy) is 3. The van der Waals surface area contributed by atoms with E-state index in [1.807, 2.05) is 0 Å². The molecule has 0 N–H and O–H groups in total. The van der Waals surface area contributed by atoms with Gasteiger partial charge in [0.25, 0.3) is 0 Å². The number of carbonyl (C=O) groups is 3. The quantitative estimate of drug-likeness (QED) is 0.0261. The third-order valence-corrected chi connectivity index (χ3v) is 13.2. The number of esters is 3. The van der Waals surface area contributed by atoms with Crippen LogP contribution in [0.4, 0.5) is 0 Å². The van der Waals surface area contributed by atoms with Gasteiger partial charge in [-0.3, -0.25) is 14.4 Å². The first-order chi connectivity index (χ1) is 37.0. The Morgan fingerprint density at radius 2 is 0.520 bits per heavy atom. The zero-order valence-electron chi connectivity index (χ0n) is 49.0. The molecule has 0 saturated heterocycles. The molecule has 428 valence electrons. The Bertz CT molecular complexity index is 1520. The normalized spacial score (nSPS) is 12.8. The van der Waals surface area contributed by atoms with Gasteiger partial charge in [-0.1, -0.05) is 259 Å². The molecule has 0 rings (SSSR count). The number of hydrogen-bond donors (Lipinski definition) is 0. The molecule has 6 heteroatoms. The monoisotopic (exact) mass is 1040 g/mol. The van der Waals surface area contributed by atoms with Gasteiger partial charge in [-0.25, -0.2) is 0 Å². The van der Waals surface area contributed by atoms with E-state index in [-0.39, 0.29) is 31.1 Å². The Morgan fingerprint density at radius 3 is 0.827 bits per heavy atom. The molecule has 0 heterocycles. The van der Waals surface area contributed by atoms with E-state index in [1.54, 1.807) is 0 Å². The van der Waals surface area contributed by atoms with Crippen molar-refractivity contribution in [3.63, 3.8) is 0 Å². The molecule has 0 aliphatic rings. The summed E-state index contributed by atoms with van der Waals surface area (Å²) in [5.41, 5.74) is 0. The summed E-state index contributed by atoms with van der Waals surface area (Å²) in [7, 11) is 0. The highest BCUT2D eigenvalue weighted by molar-refractivity contribution is 5.71. The minimum Gasteiger partial charge on any atom is -0.462 e. The second-order valence-corrected chi connectivity index (χ2v) is 20.5. The fourth-order valence-electron chi connectivity index (χ4n) is 8.60. The van der Waals surface area contributed by atoms with E-state index in [0.717, 1.165) is 122 Å². The smallest absolute Gasteiger partial charge is 0.306 e. The summed E-state index contributed by atoms with van der Waals surface area (Å²) in [6.45, 7) is 6.41. The molecule has 0 spiro atoms. The summed E-state index contributed by atoms with van der Waals surface area (Å²) in [6.07, 6.45) is 85.1. The van der Waals surface area contributed by atoms with Crippen molar-refractivity contribution in [2.24, 2.45) is 0 Å². The second-order valence-electron chi connectivity index (χ2n) is 20.5. The van der Waals surface area contributed by atoms with Crippen LogP contribution in [0.25, 0.3) is 0 Å². The van der Waals surface area contributed by atoms with Crippen molar-refractivity contribution in [3.05, 3.63) is 109 Å². The molecule has 0 aromatic rings. The van der Waals surface area contributed by atoms with Crippen LogP contribution < -0.4 is 0 Å². The fraction of sp³-hybridized carbons (Fsp3) is 0.696. The minimum absolute atomic E-state index is 0.0884. The summed E-state index contributed by atoms with van der Waals surface area (Å²) in [6, 6.07) is 0. The first kappa shape index (κ1) is 71.1. The van der Waals surface area contributed by atoms with Crippen LogP contribution in [-0.4, -0.2) is 37.2 Å². The maximum atomic E-state index is 12.9. The predicted molar refractivity (Wildman–Crippen MR) is 325 cm³/mol. The van der Waals surface area contributed by atoms with Crippen LogP contribution in [0.15, 0.2) is 109 Å². The predicted octanol–water partition coefficient (Wildman–Crippen LogP) is 21.4. The van der Waals surface area contributed by atoms with E-state index in [9.17, 15) is 14.4 Å². The molecular weight excluding hydrogens is 925 g/mol. The van der Waals surface area contributed by atoms with Crippen molar-refractivity contribution in [2.45, 2.75) is 297 Å². The Balaban J connectivity index is 4.42. The standard InChI is InChI=1S/C69H116O6/c1-4-7-10-13-16-19-22-25-28-31-32-33-34-35-36-39-41-44-47-50-53-56-59-62-68(71)74-65-66(75-69(72)63-60-57-54-51-48-45-42-38-30-27-24-21-18-15-12-9-6-3)64-73-67(70)61-58-55-52-49-46-43-40-37-29-26-23-20-17-14-11-8-5-2/h7,9-10,12,16,18-19,21,25-30,32-33,35-36,66H,4-6,8,11,13-15,17,20,22-24,31,34,37-65H2,1-3H3/b10-7-,12-9-,19-16-,21-18-,28-25-,29-26-,30-27-,33-32-,36-35-. The molecule has 0 aliphatic carbocycles. The Labute approximate surface area is 463 Å². The third-order valence-electron chi connectivity index (χ3n) is 13.2. The largest absolute Gasteiger partial charge is 0.462 e. The van der Waals surface area contributed by atoms with E-state index < -0.39 is 6.10 Å². The number of unbranched alkanes of at least 4 members (excludes halogenated alkanes) is 27. The Kier molecular flexibility index (Phi) is 59.3. The lowest BCUT2D eigenvalue weighted by molar-refractivity contribution is -0.167. The molecule has 0 amide bonds. The number of allylic oxidation sites excluding steroid dienone is 18. The summed E-state index contributed by atoms with van der Waals surface area (Å²) < 4.78 is 16.9. The first-order valence-corrected chi connectivity index (χ1v) is 31.4. The van der Waals surface area contributed by atoms with E-state index in [0.29, 0.717) is 19.3 Å². The number of hydrogen-bond acceptors (Lipinski definition) is 6. The van der Waals surface area contributed by atoms with Gasteiger partial charge in [-0.05, 0) is 122 Å². The Morgan fingerprint density at radius 1 is 0.280 bits per heavy atom. The molecule has 0 bridgehead atoms. The average Bonchev–Trinajstić information content (AvgIpc) is 3.41. The topological polar surface area (TPSA) is 78.9 Å². The molecule has 0 aromatic carbocycles. The molecule has 1 atom stereocenters. The number of rotatable bonds is 56. The summed E-state index contributed by atoms with van der Waals surface area (Å²) >= 11 is 0. The van der Waals surface area contributed by atoms with Crippen molar-refractivity contribution in [1.29, 1.82) is 0 Å². The maximum absolute atomic E-state index is 12.9. The molecule has 6 nitrogen and oxygen atoms in total. The van der Waals surface area contributed by atoms with E-state index in [2.05, 4.69) is 130 Å². The lowest BCUT2D eigenvalue weighted by Gasteiger charge is -2.18. The van der Waals surface area contributed by atoms with Crippen molar-refractivity contribution < 1.29 is 28.6 Å². The van der Waals surface area contributed by atoms with Crippen molar-refractivity contribution in [1.82, 2.24) is 0 Å². The lowest BCUT2D eigenvalue weighted by atomic mass is 10.1. The zero-order valence-corrected chi connectivity index (χ0v) is 49.0. The van der Waals surface area contributed by atoms with Gasteiger partial charge >= 0.3 is 17.9 Å². The molecule has 0 saturated carbocycles. The third kappa shape index (κ3) is 60.8. The zero-order chi connectivity index (χ0) is 54.3. The molecule has 0 aromatic heterocycles. The SMILES string of the molecule is CC/C=C\C/C=C\C/C=C\C/C=C\C/C=C\CCCCCCCCCC(=O)OCC(COC(=O)CCCCCCCCC/C=C\CCCCCCCC)OC(=O)CCCCCCCCC/C=C\C/C=C\C/C=C\CC. The van der Waals surface area contributed by atoms with Gasteiger partial charge in [0.15, 0.2) is 6.10 Å². The highest BCUT2D eigenvalue weighted by Gasteiger charge is 2.19. The van der Waals surface area contributed by atoms with Gasteiger partial charge in [-0.2, -0.15) is 0 Å². The lowest BCUT2D eigenvalue weighted by Crippen LogP contribution is -2.30. The van der Waals surface area contributed by atoms with Crippen molar-refractivity contribution >= 4 is 17.9 Å². The second kappa shape index (κ2) is 62.6. The van der Waals surface area contributed by atoms with Crippen LogP contribution in [0, 0.1) is 0 Å². The summed E-state index contributed by atoms with van der Waals surface area (Å²) in [4.78, 5) is 38.3. The summed E-state index contributed by atoms with van der Waals surface area (Å²) in [5.74, 6) is -0.907. The molecule has 1 unspecified atom stereocenters. The van der Waals surface area contributed by atoms with Crippen LogP contribution >= 0.6 is 0 Å². The molecular formula is C69H116O6. The van der Waals surface area contributed by atoms with E-state index in [1.165, 1.54) is 128 Å². The maximum Gasteiger partial charge on any atom is 0.306 e. The van der Waals surface area contributed by atoms with Gasteiger partial charge in [-0.15, -0.1) is 0 Å². The van der Waals surface area contributed by atoms with Gasteiger partial charge < -0.3 is 14.2 Å².